The van der Waals surface area contributed by atoms with Crippen LogP contribution >= 0.6 is 0 Å². The molecule has 0 atom stereocenters. The van der Waals surface area contributed by atoms with Crippen LogP contribution in [0.5, 0.6) is 0 Å². The monoisotopic (exact) mass is 366 g/mol. The van der Waals surface area contributed by atoms with Crippen molar-refractivity contribution in [3.8, 4) is 0 Å². The maximum atomic E-state index is 13.6. The highest BCUT2D eigenvalue weighted by molar-refractivity contribution is 5.92. The van der Waals surface area contributed by atoms with Crippen molar-refractivity contribution in [1.29, 1.82) is 0 Å². The second kappa shape index (κ2) is 9.12. The molecule has 27 heavy (non-hydrogen) atoms. The quantitative estimate of drug-likeness (QED) is 0.825. The molecule has 0 radical (unpaired) electrons. The molecule has 1 fully saturated rings. The van der Waals surface area contributed by atoms with Crippen molar-refractivity contribution < 1.29 is 14.0 Å². The number of benzene rings is 2. The van der Waals surface area contributed by atoms with Crippen LogP contribution in [0.25, 0.3) is 6.08 Å². The molecule has 1 aliphatic rings. The van der Waals surface area contributed by atoms with Gasteiger partial charge in [-0.3, -0.25) is 9.59 Å². The lowest BCUT2D eigenvalue weighted by molar-refractivity contribution is -0.132. The number of nitrogens with one attached hydrogen (secondary N) is 1. The fourth-order valence-corrected chi connectivity index (χ4v) is 3.17. The van der Waals surface area contributed by atoms with Gasteiger partial charge in [0.05, 0.1) is 0 Å². The van der Waals surface area contributed by atoms with Gasteiger partial charge in [0, 0.05) is 37.2 Å². The summed E-state index contributed by atoms with van der Waals surface area (Å²) in [4.78, 5) is 26.4. The standard InChI is InChI=1S/C22H23FN2O2/c23-20-9-5-4-8-19(20)16-24-22(27)18-12-14-25(15-13-18)21(26)11-10-17-6-2-1-3-7-17/h1-11,18H,12-16H2,(H,24,27). The molecule has 4 nitrogen and oxygen atoms in total. The molecule has 0 aromatic heterocycles. The number of halogens is 1. The Balaban J connectivity index is 1.45. The summed E-state index contributed by atoms with van der Waals surface area (Å²) < 4.78 is 13.6. The summed E-state index contributed by atoms with van der Waals surface area (Å²) in [5, 5.41) is 2.80. The largest absolute Gasteiger partial charge is 0.352 e. The van der Waals surface area contributed by atoms with Gasteiger partial charge < -0.3 is 10.2 Å². The molecule has 2 amide bonds. The first-order chi connectivity index (χ1) is 13.1. The predicted octanol–water partition coefficient (Wildman–Crippen LogP) is 3.39. The first kappa shape index (κ1) is 18.8. The Morgan fingerprint density at radius 2 is 1.70 bits per heavy atom. The Morgan fingerprint density at radius 1 is 1.04 bits per heavy atom. The number of piperidine rings is 1. The second-order valence-electron chi connectivity index (χ2n) is 6.65. The van der Waals surface area contributed by atoms with Gasteiger partial charge in [-0.15, -0.1) is 0 Å². The maximum Gasteiger partial charge on any atom is 0.246 e. The predicted molar refractivity (Wildman–Crippen MR) is 103 cm³/mol. The first-order valence-corrected chi connectivity index (χ1v) is 9.16. The van der Waals surface area contributed by atoms with Crippen molar-refractivity contribution in [2.75, 3.05) is 13.1 Å². The highest BCUT2D eigenvalue weighted by Crippen LogP contribution is 2.18. The molecule has 1 heterocycles. The lowest BCUT2D eigenvalue weighted by Crippen LogP contribution is -2.42. The van der Waals surface area contributed by atoms with Crippen molar-refractivity contribution in [3.05, 3.63) is 77.6 Å². The number of hydrogen-bond donors (Lipinski definition) is 1. The summed E-state index contributed by atoms with van der Waals surface area (Å²) in [6.45, 7) is 1.29. The van der Waals surface area contributed by atoms with Crippen molar-refractivity contribution in [2.45, 2.75) is 19.4 Å². The number of hydrogen-bond acceptors (Lipinski definition) is 2. The summed E-state index contributed by atoms with van der Waals surface area (Å²) >= 11 is 0. The van der Waals surface area contributed by atoms with E-state index < -0.39 is 0 Å². The molecule has 1 saturated heterocycles. The van der Waals surface area contributed by atoms with E-state index in [1.54, 1.807) is 35.3 Å². The molecule has 140 valence electrons. The lowest BCUT2D eigenvalue weighted by Gasteiger charge is -2.30. The Labute approximate surface area is 158 Å². The van der Waals surface area contributed by atoms with E-state index in [0.29, 0.717) is 31.5 Å². The second-order valence-corrected chi connectivity index (χ2v) is 6.65. The number of carbonyl (C=O) groups excluding carboxylic acids is 2. The van der Waals surface area contributed by atoms with E-state index in [4.69, 9.17) is 0 Å². The van der Waals surface area contributed by atoms with Gasteiger partial charge in [-0.25, -0.2) is 4.39 Å². The molecule has 0 aliphatic carbocycles. The van der Waals surface area contributed by atoms with E-state index >= 15 is 0 Å². The molecule has 1 N–H and O–H groups in total. The van der Waals surface area contributed by atoms with E-state index in [1.165, 1.54) is 6.07 Å². The fraction of sp³-hybridized carbons (Fsp3) is 0.273. The minimum Gasteiger partial charge on any atom is -0.352 e. The van der Waals surface area contributed by atoms with Gasteiger partial charge in [0.15, 0.2) is 0 Å². The number of likely N-dealkylation sites (tertiary alicyclic amines) is 1. The highest BCUT2D eigenvalue weighted by atomic mass is 19.1. The summed E-state index contributed by atoms with van der Waals surface area (Å²) in [5.41, 5.74) is 1.46. The van der Waals surface area contributed by atoms with Crippen molar-refractivity contribution in [3.63, 3.8) is 0 Å². The Kier molecular flexibility index (Phi) is 6.36. The Morgan fingerprint density at radius 3 is 2.41 bits per heavy atom. The van der Waals surface area contributed by atoms with Crippen LogP contribution in [0.4, 0.5) is 4.39 Å². The molecular formula is C22H23FN2O2. The van der Waals surface area contributed by atoms with Crippen LogP contribution in [-0.2, 0) is 16.1 Å². The van der Waals surface area contributed by atoms with Crippen LogP contribution in [0.2, 0.25) is 0 Å². The molecule has 0 saturated carbocycles. The molecule has 5 heteroatoms. The van der Waals surface area contributed by atoms with Gasteiger partial charge in [-0.2, -0.15) is 0 Å². The zero-order chi connectivity index (χ0) is 19.1. The lowest BCUT2D eigenvalue weighted by atomic mass is 9.95. The summed E-state index contributed by atoms with van der Waals surface area (Å²) in [6.07, 6.45) is 4.62. The van der Waals surface area contributed by atoms with Gasteiger partial charge in [0.25, 0.3) is 0 Å². The van der Waals surface area contributed by atoms with Crippen LogP contribution in [0, 0.1) is 11.7 Å². The topological polar surface area (TPSA) is 49.4 Å². The molecular weight excluding hydrogens is 343 g/mol. The van der Waals surface area contributed by atoms with E-state index in [-0.39, 0.29) is 30.1 Å². The summed E-state index contributed by atoms with van der Waals surface area (Å²) in [5.74, 6) is -0.573. The molecule has 0 unspecified atom stereocenters. The van der Waals surface area contributed by atoms with Crippen molar-refractivity contribution in [2.24, 2.45) is 5.92 Å². The van der Waals surface area contributed by atoms with E-state index in [1.807, 2.05) is 30.3 Å². The average Bonchev–Trinajstić information content (AvgIpc) is 2.72. The zero-order valence-corrected chi connectivity index (χ0v) is 15.1. The van der Waals surface area contributed by atoms with Crippen molar-refractivity contribution >= 4 is 17.9 Å². The van der Waals surface area contributed by atoms with E-state index in [9.17, 15) is 14.0 Å². The number of nitrogens with zero attached hydrogens (tertiary/aromatic N) is 1. The zero-order valence-electron chi connectivity index (χ0n) is 15.1. The fourth-order valence-electron chi connectivity index (χ4n) is 3.17. The highest BCUT2D eigenvalue weighted by Gasteiger charge is 2.26. The van der Waals surface area contributed by atoms with E-state index in [2.05, 4.69) is 5.32 Å². The van der Waals surface area contributed by atoms with Gasteiger partial charge in [0.1, 0.15) is 5.82 Å². The van der Waals surface area contributed by atoms with Crippen LogP contribution in [0.1, 0.15) is 24.0 Å². The summed E-state index contributed by atoms with van der Waals surface area (Å²) in [7, 11) is 0. The number of rotatable bonds is 5. The van der Waals surface area contributed by atoms with Gasteiger partial charge in [0.2, 0.25) is 11.8 Å². The molecule has 2 aromatic rings. The minimum absolute atomic E-state index is 0.0379. The number of carbonyl (C=O) groups is 2. The normalized spacial score (nSPS) is 15.1. The van der Waals surface area contributed by atoms with Crippen LogP contribution in [0.15, 0.2) is 60.7 Å². The van der Waals surface area contributed by atoms with Crippen LogP contribution in [-0.4, -0.2) is 29.8 Å². The third-order valence-corrected chi connectivity index (χ3v) is 4.81. The molecule has 3 rings (SSSR count). The van der Waals surface area contributed by atoms with Gasteiger partial charge in [-0.1, -0.05) is 48.5 Å². The Bertz CT molecular complexity index is 812. The smallest absolute Gasteiger partial charge is 0.246 e. The first-order valence-electron chi connectivity index (χ1n) is 9.16. The minimum atomic E-state index is -0.316. The summed E-state index contributed by atoms with van der Waals surface area (Å²) in [6, 6.07) is 16.1. The van der Waals surface area contributed by atoms with Crippen LogP contribution < -0.4 is 5.32 Å². The number of amides is 2. The maximum absolute atomic E-state index is 13.6. The van der Waals surface area contributed by atoms with Gasteiger partial charge >= 0.3 is 0 Å². The molecule has 0 bridgehead atoms. The molecule has 1 aliphatic heterocycles. The Hall–Kier alpha value is -2.95. The molecule has 2 aromatic carbocycles. The van der Waals surface area contributed by atoms with Crippen LogP contribution in [0.3, 0.4) is 0 Å². The average molecular weight is 366 g/mol. The van der Waals surface area contributed by atoms with Gasteiger partial charge in [-0.05, 0) is 30.5 Å². The van der Waals surface area contributed by atoms with E-state index in [0.717, 1.165) is 5.56 Å². The third-order valence-electron chi connectivity index (χ3n) is 4.81. The van der Waals surface area contributed by atoms with Crippen molar-refractivity contribution in [1.82, 2.24) is 10.2 Å². The molecule has 0 spiro atoms. The third kappa shape index (κ3) is 5.26. The SMILES string of the molecule is O=C(NCc1ccccc1F)C1CCN(C(=O)C=Cc2ccccc2)CC1.